The van der Waals surface area contributed by atoms with E-state index in [1.165, 1.54) is 0 Å². The molecule has 1 aromatic heterocycles. The summed E-state index contributed by atoms with van der Waals surface area (Å²) in [6.45, 7) is 4.42. The first-order valence-corrected chi connectivity index (χ1v) is 9.83. The molecule has 23 heavy (non-hydrogen) atoms. The number of fused-ring (bicyclic) bond motifs is 2. The van der Waals surface area contributed by atoms with Gasteiger partial charge in [-0.1, -0.05) is 19.9 Å². The minimum Gasteiger partial charge on any atom is -0.299 e. The Labute approximate surface area is 137 Å². The molecule has 1 heterocycles. The Balaban J connectivity index is 1.66. The molecule has 0 saturated heterocycles. The molecular weight excluding hydrogens is 312 g/mol. The summed E-state index contributed by atoms with van der Waals surface area (Å²) in [5.41, 5.74) is -0.0690. The van der Waals surface area contributed by atoms with Crippen LogP contribution in [0.3, 0.4) is 0 Å². The van der Waals surface area contributed by atoms with Gasteiger partial charge < -0.3 is 0 Å². The van der Waals surface area contributed by atoms with Gasteiger partial charge in [-0.15, -0.1) is 0 Å². The molecule has 2 aliphatic carbocycles. The lowest BCUT2D eigenvalue weighted by Crippen LogP contribution is -2.45. The first-order valence-electron chi connectivity index (χ1n) is 8.17. The normalized spacial score (nSPS) is 29.1. The van der Waals surface area contributed by atoms with Gasteiger partial charge in [-0.05, 0) is 36.3 Å². The van der Waals surface area contributed by atoms with Crippen LogP contribution in [0.15, 0.2) is 24.4 Å². The highest BCUT2D eigenvalue weighted by molar-refractivity contribution is 7.89. The van der Waals surface area contributed by atoms with E-state index in [0.717, 1.165) is 12.1 Å². The number of sulfonamides is 1. The highest BCUT2D eigenvalue weighted by Gasteiger charge is 2.65. The number of pyridine rings is 1. The van der Waals surface area contributed by atoms with Crippen molar-refractivity contribution in [3.63, 3.8) is 0 Å². The lowest BCUT2D eigenvalue weighted by atomic mass is 9.70. The minimum absolute atomic E-state index is 0.0788. The van der Waals surface area contributed by atoms with Crippen molar-refractivity contribution in [2.45, 2.75) is 39.5 Å². The minimum atomic E-state index is -3.48. The van der Waals surface area contributed by atoms with E-state index in [0.29, 0.717) is 31.7 Å². The number of Topliss-reactive ketones (excluding diaryl/α,β-unsaturated/α-hetero) is 1. The van der Waals surface area contributed by atoms with Gasteiger partial charge in [0.1, 0.15) is 5.78 Å². The number of nitrogens with zero attached hydrogens (tertiary/aromatic N) is 1. The lowest BCUT2D eigenvalue weighted by Gasteiger charge is -2.36. The Morgan fingerprint density at radius 2 is 2.13 bits per heavy atom. The molecule has 2 bridgehead atoms. The monoisotopic (exact) mass is 336 g/mol. The van der Waals surface area contributed by atoms with Crippen LogP contribution in [0.1, 0.15) is 38.8 Å². The van der Waals surface area contributed by atoms with E-state index in [9.17, 15) is 13.2 Å². The molecule has 5 nitrogen and oxygen atoms in total. The number of aromatic nitrogens is 1. The zero-order valence-electron chi connectivity index (χ0n) is 13.7. The second-order valence-electron chi connectivity index (χ2n) is 7.39. The fourth-order valence-electron chi connectivity index (χ4n) is 4.36. The van der Waals surface area contributed by atoms with E-state index < -0.39 is 15.4 Å². The van der Waals surface area contributed by atoms with Crippen molar-refractivity contribution in [2.75, 3.05) is 12.3 Å². The number of hydrogen-bond acceptors (Lipinski definition) is 4. The van der Waals surface area contributed by atoms with Crippen molar-refractivity contribution in [1.29, 1.82) is 0 Å². The van der Waals surface area contributed by atoms with Crippen molar-refractivity contribution >= 4 is 15.8 Å². The number of rotatable bonds is 6. The lowest BCUT2D eigenvalue weighted by molar-refractivity contribution is -0.128. The van der Waals surface area contributed by atoms with E-state index >= 15 is 0 Å². The van der Waals surface area contributed by atoms with Crippen LogP contribution in [0.5, 0.6) is 0 Å². The average molecular weight is 336 g/mol. The van der Waals surface area contributed by atoms with E-state index in [1.54, 1.807) is 6.20 Å². The summed E-state index contributed by atoms with van der Waals surface area (Å²) in [6, 6.07) is 5.59. The SMILES string of the molecule is CC1(C)C2CCC1(CS(=O)(=O)NCCc1ccccn1)C(=O)C2. The summed E-state index contributed by atoms with van der Waals surface area (Å²) in [5, 5.41) is 0. The Morgan fingerprint density at radius 1 is 1.35 bits per heavy atom. The maximum Gasteiger partial charge on any atom is 0.212 e. The van der Waals surface area contributed by atoms with Gasteiger partial charge in [-0.2, -0.15) is 0 Å². The molecule has 2 aliphatic rings. The third-order valence-corrected chi connectivity index (χ3v) is 7.52. The third-order valence-electron chi connectivity index (χ3n) is 6.00. The zero-order chi connectivity index (χ0) is 16.7. The van der Waals surface area contributed by atoms with Crippen LogP contribution >= 0.6 is 0 Å². The largest absolute Gasteiger partial charge is 0.299 e. The summed E-state index contributed by atoms with van der Waals surface area (Å²) >= 11 is 0. The number of nitrogens with one attached hydrogen (secondary N) is 1. The average Bonchev–Trinajstić information content (AvgIpc) is 2.82. The first-order chi connectivity index (χ1) is 10.8. The number of carbonyl (C=O) groups is 1. The van der Waals surface area contributed by atoms with E-state index in [4.69, 9.17) is 0 Å². The van der Waals surface area contributed by atoms with Crippen LogP contribution in [-0.2, 0) is 21.2 Å². The molecular formula is C17H24N2O3S. The summed E-state index contributed by atoms with van der Waals surface area (Å²) < 4.78 is 27.7. The molecule has 1 N–H and O–H groups in total. The molecule has 6 heteroatoms. The van der Waals surface area contributed by atoms with Gasteiger partial charge in [0.05, 0.1) is 5.75 Å². The molecule has 1 aromatic rings. The van der Waals surface area contributed by atoms with Crippen molar-refractivity contribution in [3.8, 4) is 0 Å². The number of carbonyl (C=O) groups excluding carboxylic acids is 1. The highest BCUT2D eigenvalue weighted by atomic mass is 32.2. The molecule has 2 saturated carbocycles. The quantitative estimate of drug-likeness (QED) is 0.861. The third kappa shape index (κ3) is 2.83. The van der Waals surface area contributed by atoms with Gasteiger partial charge in [0.25, 0.3) is 0 Å². The molecule has 0 aromatic carbocycles. The van der Waals surface area contributed by atoms with E-state index in [1.807, 2.05) is 18.2 Å². The van der Waals surface area contributed by atoms with Crippen LogP contribution in [0.4, 0.5) is 0 Å². The van der Waals surface area contributed by atoms with Gasteiger partial charge >= 0.3 is 0 Å². The van der Waals surface area contributed by atoms with E-state index in [2.05, 4.69) is 23.6 Å². The van der Waals surface area contributed by atoms with Gasteiger partial charge in [-0.25, -0.2) is 13.1 Å². The van der Waals surface area contributed by atoms with Crippen molar-refractivity contribution in [1.82, 2.24) is 9.71 Å². The molecule has 3 rings (SSSR count). The second-order valence-corrected chi connectivity index (χ2v) is 9.20. The maximum atomic E-state index is 12.5. The van der Waals surface area contributed by atoms with Crippen molar-refractivity contribution < 1.29 is 13.2 Å². The van der Waals surface area contributed by atoms with E-state index in [-0.39, 0.29) is 17.0 Å². The molecule has 0 spiro atoms. The highest BCUT2D eigenvalue weighted by Crippen LogP contribution is 2.64. The summed E-state index contributed by atoms with van der Waals surface area (Å²) in [5.74, 6) is 0.387. The first kappa shape index (κ1) is 16.6. The van der Waals surface area contributed by atoms with Gasteiger partial charge in [0.2, 0.25) is 10.0 Å². The molecule has 2 atom stereocenters. The fourth-order valence-corrected chi connectivity index (χ4v) is 6.21. The van der Waals surface area contributed by atoms with Gasteiger partial charge in [0, 0.05) is 36.7 Å². The predicted molar refractivity (Wildman–Crippen MR) is 88.3 cm³/mol. The van der Waals surface area contributed by atoms with Crippen LogP contribution < -0.4 is 4.72 Å². The second kappa shape index (κ2) is 5.67. The van der Waals surface area contributed by atoms with Crippen LogP contribution in [0.25, 0.3) is 0 Å². The number of hydrogen-bond donors (Lipinski definition) is 1. The molecule has 2 unspecified atom stereocenters. The zero-order valence-corrected chi connectivity index (χ0v) is 14.5. The summed E-state index contributed by atoms with van der Waals surface area (Å²) in [6.07, 6.45) is 4.44. The summed E-state index contributed by atoms with van der Waals surface area (Å²) in [4.78, 5) is 16.6. The molecule has 126 valence electrons. The Bertz CT molecular complexity index is 700. The predicted octanol–water partition coefficient (Wildman–Crippen LogP) is 1.94. The standard InChI is InChI=1S/C17H24N2O3S/c1-16(2)13-6-8-17(16,15(20)11-13)12-23(21,22)19-10-7-14-5-3-4-9-18-14/h3-5,9,13,19H,6-8,10-12H2,1-2H3. The van der Waals surface area contributed by atoms with Crippen LogP contribution in [0, 0.1) is 16.7 Å². The Morgan fingerprint density at radius 3 is 2.70 bits per heavy atom. The van der Waals surface area contributed by atoms with Gasteiger partial charge in [0.15, 0.2) is 0 Å². The number of ketones is 1. The molecule has 2 fully saturated rings. The van der Waals surface area contributed by atoms with Gasteiger partial charge in [-0.3, -0.25) is 9.78 Å². The smallest absolute Gasteiger partial charge is 0.212 e. The maximum absolute atomic E-state index is 12.5. The fraction of sp³-hybridized carbons (Fsp3) is 0.647. The molecule has 0 amide bonds. The summed E-state index contributed by atoms with van der Waals surface area (Å²) in [7, 11) is -3.48. The topological polar surface area (TPSA) is 76.1 Å². The van der Waals surface area contributed by atoms with Crippen LogP contribution in [-0.4, -0.2) is 31.5 Å². The molecule has 0 radical (unpaired) electrons. The Kier molecular flexibility index (Phi) is 4.09. The van der Waals surface area contributed by atoms with Crippen molar-refractivity contribution in [3.05, 3.63) is 30.1 Å². The van der Waals surface area contributed by atoms with Crippen molar-refractivity contribution in [2.24, 2.45) is 16.7 Å². The molecule has 0 aliphatic heterocycles. The van der Waals surface area contributed by atoms with Crippen LogP contribution in [0.2, 0.25) is 0 Å². The Hall–Kier alpha value is -1.27.